The molecule has 2 aromatic rings. The molecule has 0 spiro atoms. The molecule has 2 aliphatic rings. The van der Waals surface area contributed by atoms with Crippen LogP contribution in [0.1, 0.15) is 5.56 Å². The van der Waals surface area contributed by atoms with Gasteiger partial charge in [0, 0.05) is 15.1 Å². The molecule has 2 aromatic carbocycles. The number of imide groups is 1. The van der Waals surface area contributed by atoms with Crippen molar-refractivity contribution >= 4 is 50.7 Å². The van der Waals surface area contributed by atoms with Gasteiger partial charge in [0.15, 0.2) is 0 Å². The summed E-state index contributed by atoms with van der Waals surface area (Å²) in [6.07, 6.45) is -0.910. The van der Waals surface area contributed by atoms with E-state index < -0.39 is 17.9 Å². The van der Waals surface area contributed by atoms with Gasteiger partial charge in [0.05, 0.1) is 5.69 Å². The summed E-state index contributed by atoms with van der Waals surface area (Å²) >= 11 is 9.23. The van der Waals surface area contributed by atoms with E-state index in [1.807, 2.05) is 24.3 Å². The molecule has 0 aromatic heterocycles. The molecule has 7 heteroatoms. The van der Waals surface area contributed by atoms with Crippen LogP contribution >= 0.6 is 27.5 Å². The van der Waals surface area contributed by atoms with Crippen LogP contribution in [0.25, 0.3) is 0 Å². The summed E-state index contributed by atoms with van der Waals surface area (Å²) in [5.74, 6) is -1.48. The van der Waals surface area contributed by atoms with Crippen molar-refractivity contribution in [1.29, 1.82) is 0 Å². The monoisotopic (exact) mass is 404 g/mol. The molecule has 2 heterocycles. The summed E-state index contributed by atoms with van der Waals surface area (Å²) in [6, 6.07) is 13.9. The van der Waals surface area contributed by atoms with Crippen LogP contribution in [-0.4, -0.2) is 23.6 Å². The quantitative estimate of drug-likeness (QED) is 0.720. The summed E-state index contributed by atoms with van der Waals surface area (Å²) in [5.41, 5.74) is 1.70. The molecule has 0 radical (unpaired) electrons. The van der Waals surface area contributed by atoms with Gasteiger partial charge in [-0.3, -0.25) is 9.59 Å². The zero-order valence-electron chi connectivity index (χ0n) is 12.1. The van der Waals surface area contributed by atoms with E-state index in [9.17, 15) is 9.59 Å². The predicted molar refractivity (Wildman–Crippen MR) is 93.0 cm³/mol. The van der Waals surface area contributed by atoms with Crippen molar-refractivity contribution in [3.8, 4) is 0 Å². The van der Waals surface area contributed by atoms with Crippen LogP contribution in [0.5, 0.6) is 0 Å². The number of rotatable bonds is 2. The molecule has 5 nitrogen and oxygen atoms in total. The highest BCUT2D eigenvalue weighted by Crippen LogP contribution is 2.35. The molecule has 24 heavy (non-hydrogen) atoms. The second kappa shape index (κ2) is 5.72. The average Bonchev–Trinajstić information content (AvgIpc) is 3.11. The Bertz CT molecular complexity index is 864. The van der Waals surface area contributed by atoms with Crippen LogP contribution < -0.4 is 4.90 Å². The minimum Gasteiger partial charge on any atom is -0.381 e. The van der Waals surface area contributed by atoms with Crippen molar-refractivity contribution in [2.75, 3.05) is 4.90 Å². The van der Waals surface area contributed by atoms with Crippen molar-refractivity contribution in [2.45, 2.75) is 6.10 Å². The third-order valence-corrected chi connectivity index (χ3v) is 4.82. The fourth-order valence-corrected chi connectivity index (χ4v) is 3.27. The lowest BCUT2D eigenvalue weighted by molar-refractivity contribution is -0.126. The zero-order valence-corrected chi connectivity index (χ0v) is 14.5. The molecule has 0 saturated carbocycles. The van der Waals surface area contributed by atoms with Crippen molar-refractivity contribution < 1.29 is 14.4 Å². The fraction of sp³-hybridized carbons (Fsp3) is 0.118. The topological polar surface area (TPSA) is 59.0 Å². The van der Waals surface area contributed by atoms with Gasteiger partial charge in [0.2, 0.25) is 12.0 Å². The Kier molecular flexibility index (Phi) is 3.66. The molecule has 0 aliphatic carbocycles. The molecule has 1 saturated heterocycles. The lowest BCUT2D eigenvalue weighted by Gasteiger charge is -2.15. The first-order valence-electron chi connectivity index (χ1n) is 7.19. The number of oxime groups is 1. The Morgan fingerprint density at radius 1 is 1.00 bits per heavy atom. The van der Waals surface area contributed by atoms with E-state index in [2.05, 4.69) is 21.1 Å². The molecule has 1 fully saturated rings. The van der Waals surface area contributed by atoms with Crippen LogP contribution in [0.3, 0.4) is 0 Å². The highest BCUT2D eigenvalue weighted by Gasteiger charge is 2.56. The second-order valence-electron chi connectivity index (χ2n) is 5.48. The minimum absolute atomic E-state index is 0.341. The van der Waals surface area contributed by atoms with Crippen molar-refractivity contribution in [1.82, 2.24) is 0 Å². The van der Waals surface area contributed by atoms with E-state index in [0.717, 1.165) is 14.9 Å². The Balaban J connectivity index is 1.69. The van der Waals surface area contributed by atoms with Gasteiger partial charge in [-0.2, -0.15) is 0 Å². The smallest absolute Gasteiger partial charge is 0.278 e. The number of anilines is 1. The van der Waals surface area contributed by atoms with Gasteiger partial charge in [-0.15, -0.1) is 0 Å². The molecule has 4 rings (SSSR count). The molecule has 0 bridgehead atoms. The summed E-state index contributed by atoms with van der Waals surface area (Å²) in [5, 5.41) is 4.51. The number of halogens is 2. The van der Waals surface area contributed by atoms with Gasteiger partial charge in [0.25, 0.3) is 5.91 Å². The summed E-state index contributed by atoms with van der Waals surface area (Å²) < 4.78 is 0.916. The van der Waals surface area contributed by atoms with Gasteiger partial charge in [-0.05, 0) is 36.4 Å². The third-order valence-electron chi connectivity index (χ3n) is 4.04. The molecular weight excluding hydrogens is 396 g/mol. The van der Waals surface area contributed by atoms with E-state index in [4.69, 9.17) is 16.4 Å². The first kappa shape index (κ1) is 15.4. The highest BCUT2D eigenvalue weighted by molar-refractivity contribution is 9.10. The number of amides is 2. The van der Waals surface area contributed by atoms with E-state index >= 15 is 0 Å². The van der Waals surface area contributed by atoms with Crippen molar-refractivity contribution in [3.05, 3.63) is 63.6 Å². The SMILES string of the molecule is O=C1[C@H]2C(c3ccc(Br)cc3)=NO[C@H]2C(=O)N1c1ccc(Cl)cc1. The van der Waals surface area contributed by atoms with Crippen molar-refractivity contribution in [3.63, 3.8) is 0 Å². The van der Waals surface area contributed by atoms with Gasteiger partial charge >= 0.3 is 0 Å². The van der Waals surface area contributed by atoms with Crippen LogP contribution in [0, 0.1) is 5.92 Å². The van der Waals surface area contributed by atoms with Crippen LogP contribution in [0.15, 0.2) is 58.2 Å². The standard InChI is InChI=1S/C17H10BrClN2O3/c18-10-3-1-9(2-4-10)14-13-15(24-20-14)17(23)21(16(13)22)12-7-5-11(19)6-8-12/h1-8,13,15H/t13-,15+/m0/s1. The van der Waals surface area contributed by atoms with Crippen molar-refractivity contribution in [2.24, 2.45) is 11.1 Å². The largest absolute Gasteiger partial charge is 0.381 e. The molecule has 0 N–H and O–H groups in total. The minimum atomic E-state index is -0.910. The van der Waals surface area contributed by atoms with E-state index in [-0.39, 0.29) is 5.91 Å². The number of hydrogen-bond donors (Lipinski definition) is 0. The van der Waals surface area contributed by atoms with Gasteiger partial charge in [-0.25, -0.2) is 4.90 Å². The predicted octanol–water partition coefficient (Wildman–Crippen LogP) is 3.40. The van der Waals surface area contributed by atoms with Crippen LogP contribution in [0.4, 0.5) is 5.69 Å². The van der Waals surface area contributed by atoms with E-state index in [1.165, 1.54) is 0 Å². The number of benzene rings is 2. The summed E-state index contributed by atoms with van der Waals surface area (Å²) in [4.78, 5) is 31.8. The number of fused-ring (bicyclic) bond motifs is 1. The van der Waals surface area contributed by atoms with E-state index in [0.29, 0.717) is 16.4 Å². The Hall–Kier alpha value is -2.18. The summed E-state index contributed by atoms with van der Waals surface area (Å²) in [6.45, 7) is 0. The lowest BCUT2D eigenvalue weighted by atomic mass is 9.94. The third kappa shape index (κ3) is 2.34. The number of carbonyl (C=O) groups is 2. The normalized spacial score (nSPS) is 22.4. The highest BCUT2D eigenvalue weighted by atomic mass is 79.9. The number of hydrogen-bond acceptors (Lipinski definition) is 4. The zero-order chi connectivity index (χ0) is 16.8. The first-order chi connectivity index (χ1) is 11.6. The average molecular weight is 406 g/mol. The number of nitrogens with zero attached hydrogens (tertiary/aromatic N) is 2. The van der Waals surface area contributed by atoms with Crippen LogP contribution in [-0.2, 0) is 14.4 Å². The molecule has 2 atom stereocenters. The van der Waals surface area contributed by atoms with Gasteiger partial charge in [0.1, 0.15) is 11.6 Å². The second-order valence-corrected chi connectivity index (χ2v) is 6.83. The van der Waals surface area contributed by atoms with Crippen LogP contribution in [0.2, 0.25) is 5.02 Å². The molecule has 2 aliphatic heterocycles. The Morgan fingerprint density at radius 2 is 1.67 bits per heavy atom. The fourth-order valence-electron chi connectivity index (χ4n) is 2.88. The lowest BCUT2D eigenvalue weighted by Crippen LogP contribution is -2.33. The maximum absolute atomic E-state index is 12.8. The maximum Gasteiger partial charge on any atom is 0.278 e. The van der Waals surface area contributed by atoms with E-state index in [1.54, 1.807) is 24.3 Å². The molecular formula is C17H10BrClN2O3. The maximum atomic E-state index is 12.8. The first-order valence-corrected chi connectivity index (χ1v) is 8.36. The Labute approximate surface area is 151 Å². The molecule has 2 amide bonds. The molecule has 120 valence electrons. The number of carbonyl (C=O) groups excluding carboxylic acids is 2. The summed E-state index contributed by atoms with van der Waals surface area (Å²) in [7, 11) is 0. The molecule has 0 unspecified atom stereocenters. The van der Waals surface area contributed by atoms with Gasteiger partial charge in [-0.1, -0.05) is 44.8 Å². The Morgan fingerprint density at radius 3 is 2.33 bits per heavy atom. The van der Waals surface area contributed by atoms with Gasteiger partial charge < -0.3 is 4.84 Å².